The quantitative estimate of drug-likeness (QED) is 0.805. The summed E-state index contributed by atoms with van der Waals surface area (Å²) in [5.41, 5.74) is 0.956. The fraction of sp³-hybridized carbons (Fsp3) is 0.533. The molecule has 108 valence electrons. The van der Waals surface area contributed by atoms with E-state index < -0.39 is 0 Å². The lowest BCUT2D eigenvalue weighted by Crippen LogP contribution is -2.40. The van der Waals surface area contributed by atoms with Crippen LogP contribution in [-0.2, 0) is 0 Å². The predicted octanol–water partition coefficient (Wildman–Crippen LogP) is 2.89. The van der Waals surface area contributed by atoms with Gasteiger partial charge in [0.25, 0.3) is 0 Å². The molecule has 1 aromatic carbocycles. The first-order valence-corrected chi connectivity index (χ1v) is 7.59. The van der Waals surface area contributed by atoms with Gasteiger partial charge in [-0.1, -0.05) is 6.92 Å². The molecule has 0 radical (unpaired) electrons. The Morgan fingerprint density at radius 2 is 1.90 bits per heavy atom. The Balaban J connectivity index is 1.64. The van der Waals surface area contributed by atoms with E-state index in [0.717, 1.165) is 41.3 Å². The van der Waals surface area contributed by atoms with Gasteiger partial charge in [-0.15, -0.1) is 0 Å². The number of rotatable bonds is 1. The molecule has 1 fully saturated rings. The summed E-state index contributed by atoms with van der Waals surface area (Å²) < 4.78 is 11.1. The average Bonchev–Trinajstić information content (AvgIpc) is 2.48. The van der Waals surface area contributed by atoms with Gasteiger partial charge >= 0.3 is 0 Å². The predicted molar refractivity (Wildman–Crippen MR) is 83.6 cm³/mol. The van der Waals surface area contributed by atoms with Crippen LogP contribution < -0.4 is 14.8 Å². The molecule has 4 nitrogen and oxygen atoms in total. The minimum atomic E-state index is 0.602. The maximum atomic E-state index is 5.58. The molecular weight excluding hydrogens is 272 g/mol. The van der Waals surface area contributed by atoms with Gasteiger partial charge in [-0.25, -0.2) is 0 Å². The van der Waals surface area contributed by atoms with Crippen LogP contribution in [0.2, 0.25) is 0 Å². The van der Waals surface area contributed by atoms with Gasteiger partial charge in [0.15, 0.2) is 16.6 Å². The van der Waals surface area contributed by atoms with E-state index >= 15 is 0 Å². The van der Waals surface area contributed by atoms with Gasteiger partial charge in [-0.05, 0) is 43.1 Å². The van der Waals surface area contributed by atoms with Gasteiger partial charge in [-0.2, -0.15) is 0 Å². The molecule has 0 spiro atoms. The Morgan fingerprint density at radius 3 is 2.65 bits per heavy atom. The summed E-state index contributed by atoms with van der Waals surface area (Å²) in [6.45, 7) is 5.60. The summed E-state index contributed by atoms with van der Waals surface area (Å²) >= 11 is 5.49. The molecule has 0 aromatic heterocycles. The number of likely N-dealkylation sites (tertiary alicyclic amines) is 1. The third-order valence-corrected chi connectivity index (χ3v) is 4.22. The number of benzene rings is 1. The van der Waals surface area contributed by atoms with Gasteiger partial charge in [0.1, 0.15) is 13.2 Å². The Bertz CT molecular complexity index is 499. The van der Waals surface area contributed by atoms with E-state index in [-0.39, 0.29) is 0 Å². The number of hydrogen-bond donors (Lipinski definition) is 1. The summed E-state index contributed by atoms with van der Waals surface area (Å²) in [4.78, 5) is 2.24. The van der Waals surface area contributed by atoms with E-state index in [0.29, 0.717) is 13.2 Å². The first-order valence-electron chi connectivity index (χ1n) is 7.18. The lowest BCUT2D eigenvalue weighted by Gasteiger charge is -2.32. The van der Waals surface area contributed by atoms with E-state index in [1.54, 1.807) is 0 Å². The largest absolute Gasteiger partial charge is 0.486 e. The Morgan fingerprint density at radius 1 is 1.20 bits per heavy atom. The highest BCUT2D eigenvalue weighted by Crippen LogP contribution is 2.32. The highest BCUT2D eigenvalue weighted by molar-refractivity contribution is 7.80. The number of anilines is 1. The molecule has 0 atom stereocenters. The summed E-state index contributed by atoms with van der Waals surface area (Å²) in [5.74, 6) is 2.40. The van der Waals surface area contributed by atoms with Crippen molar-refractivity contribution >= 4 is 23.0 Å². The van der Waals surface area contributed by atoms with Crippen LogP contribution in [-0.4, -0.2) is 36.3 Å². The number of nitrogens with zero attached hydrogens (tertiary/aromatic N) is 1. The fourth-order valence-corrected chi connectivity index (χ4v) is 2.84. The standard InChI is InChI=1S/C15H20N2O2S/c1-11-4-6-17(7-5-11)15(20)16-12-2-3-13-14(10-12)19-9-8-18-13/h2-3,10-11H,4-9H2,1H3,(H,16,20). The molecule has 2 aliphatic rings. The number of nitrogens with one attached hydrogen (secondary N) is 1. The third kappa shape index (κ3) is 2.98. The monoisotopic (exact) mass is 292 g/mol. The molecule has 3 rings (SSSR count). The lowest BCUT2D eigenvalue weighted by atomic mass is 10.00. The van der Waals surface area contributed by atoms with Crippen molar-refractivity contribution in [2.75, 3.05) is 31.6 Å². The van der Waals surface area contributed by atoms with Crippen LogP contribution in [0.25, 0.3) is 0 Å². The second-order valence-electron chi connectivity index (χ2n) is 5.46. The Labute approximate surface area is 125 Å². The van der Waals surface area contributed by atoms with Crippen molar-refractivity contribution < 1.29 is 9.47 Å². The molecule has 0 aliphatic carbocycles. The molecule has 1 saturated heterocycles. The summed E-state index contributed by atoms with van der Waals surface area (Å²) in [5, 5.41) is 4.10. The van der Waals surface area contributed by atoms with Crippen molar-refractivity contribution in [1.82, 2.24) is 4.90 Å². The van der Waals surface area contributed by atoms with Crippen LogP contribution in [0.15, 0.2) is 18.2 Å². The van der Waals surface area contributed by atoms with E-state index in [1.807, 2.05) is 18.2 Å². The molecule has 5 heteroatoms. The van der Waals surface area contributed by atoms with Crippen LogP contribution in [0.5, 0.6) is 11.5 Å². The molecule has 2 heterocycles. The van der Waals surface area contributed by atoms with Crippen molar-refractivity contribution in [3.05, 3.63) is 18.2 Å². The second-order valence-corrected chi connectivity index (χ2v) is 5.84. The van der Waals surface area contributed by atoms with Crippen LogP contribution in [0.4, 0.5) is 5.69 Å². The Kier molecular flexibility index (Phi) is 3.96. The SMILES string of the molecule is CC1CCN(C(=S)Nc2ccc3c(c2)OCCO3)CC1. The Hall–Kier alpha value is -1.49. The number of piperidine rings is 1. The summed E-state index contributed by atoms with van der Waals surface area (Å²) in [6, 6.07) is 5.86. The van der Waals surface area contributed by atoms with Gasteiger partial charge < -0.3 is 19.7 Å². The molecule has 0 bridgehead atoms. The number of fused-ring (bicyclic) bond motifs is 1. The first-order chi connectivity index (χ1) is 9.72. The smallest absolute Gasteiger partial charge is 0.173 e. The number of hydrogen-bond acceptors (Lipinski definition) is 3. The van der Waals surface area contributed by atoms with E-state index in [1.165, 1.54) is 12.8 Å². The van der Waals surface area contributed by atoms with E-state index in [2.05, 4.69) is 17.1 Å². The zero-order valence-corrected chi connectivity index (χ0v) is 12.5. The molecule has 0 unspecified atom stereocenters. The molecule has 1 aromatic rings. The first kappa shape index (κ1) is 13.5. The van der Waals surface area contributed by atoms with Gasteiger partial charge in [-0.3, -0.25) is 0 Å². The normalized spacial score (nSPS) is 18.8. The van der Waals surface area contributed by atoms with Crippen molar-refractivity contribution in [1.29, 1.82) is 0 Å². The number of thiocarbonyl (C=S) groups is 1. The zero-order valence-electron chi connectivity index (χ0n) is 11.7. The van der Waals surface area contributed by atoms with Crippen LogP contribution in [0.3, 0.4) is 0 Å². The van der Waals surface area contributed by atoms with Gasteiger partial charge in [0.2, 0.25) is 0 Å². The summed E-state index contributed by atoms with van der Waals surface area (Å²) in [7, 11) is 0. The minimum absolute atomic E-state index is 0.602. The lowest BCUT2D eigenvalue weighted by molar-refractivity contribution is 0.171. The highest BCUT2D eigenvalue weighted by atomic mass is 32.1. The second kappa shape index (κ2) is 5.87. The van der Waals surface area contributed by atoms with Crippen molar-refractivity contribution in [2.24, 2.45) is 5.92 Å². The minimum Gasteiger partial charge on any atom is -0.486 e. The maximum Gasteiger partial charge on any atom is 0.173 e. The van der Waals surface area contributed by atoms with E-state index in [4.69, 9.17) is 21.7 Å². The van der Waals surface area contributed by atoms with Crippen molar-refractivity contribution in [2.45, 2.75) is 19.8 Å². The molecule has 0 amide bonds. The van der Waals surface area contributed by atoms with Crippen molar-refractivity contribution in [3.63, 3.8) is 0 Å². The van der Waals surface area contributed by atoms with Crippen LogP contribution in [0.1, 0.15) is 19.8 Å². The maximum absolute atomic E-state index is 5.58. The van der Waals surface area contributed by atoms with Gasteiger partial charge in [0, 0.05) is 24.8 Å². The van der Waals surface area contributed by atoms with Gasteiger partial charge in [0.05, 0.1) is 0 Å². The molecule has 2 aliphatic heterocycles. The molecular formula is C15H20N2O2S. The fourth-order valence-electron chi connectivity index (χ4n) is 2.54. The highest BCUT2D eigenvalue weighted by Gasteiger charge is 2.18. The van der Waals surface area contributed by atoms with E-state index in [9.17, 15) is 0 Å². The zero-order chi connectivity index (χ0) is 13.9. The van der Waals surface area contributed by atoms with Crippen molar-refractivity contribution in [3.8, 4) is 11.5 Å². The molecule has 0 saturated carbocycles. The molecule has 20 heavy (non-hydrogen) atoms. The van der Waals surface area contributed by atoms with Crippen LogP contribution in [0, 0.1) is 5.92 Å². The number of ether oxygens (including phenoxy) is 2. The summed E-state index contributed by atoms with van der Waals surface area (Å²) in [6.07, 6.45) is 2.42. The third-order valence-electron chi connectivity index (χ3n) is 3.86. The average molecular weight is 292 g/mol. The molecule has 1 N–H and O–H groups in total. The van der Waals surface area contributed by atoms with Crippen LogP contribution >= 0.6 is 12.2 Å². The topological polar surface area (TPSA) is 33.7 Å².